The van der Waals surface area contributed by atoms with Crippen LogP contribution in [0.1, 0.15) is 41.5 Å². The lowest BCUT2D eigenvalue weighted by molar-refractivity contribution is -0.147. The third-order valence-corrected chi connectivity index (χ3v) is 4.33. The van der Waals surface area contributed by atoms with Gasteiger partial charge in [0.05, 0.1) is 30.3 Å². The van der Waals surface area contributed by atoms with E-state index in [9.17, 15) is 4.79 Å². The summed E-state index contributed by atoms with van der Waals surface area (Å²) in [7, 11) is -0.434. The molecule has 0 bridgehead atoms. The lowest BCUT2D eigenvalue weighted by Crippen LogP contribution is -2.41. The Bertz CT molecular complexity index is 525. The van der Waals surface area contributed by atoms with Crippen LogP contribution in [0.2, 0.25) is 0 Å². The topological polar surface area (TPSA) is 62.6 Å². The zero-order valence-corrected chi connectivity index (χ0v) is 14.3. The van der Waals surface area contributed by atoms with Crippen LogP contribution in [0, 0.1) is 5.92 Å². The van der Waals surface area contributed by atoms with Crippen molar-refractivity contribution in [3.8, 4) is 0 Å². The SMILES string of the molecule is CCOC(=O)C(C)Cn1cc(B2OC(C)(C)C(C)(C)O2)cn1. The second kappa shape index (κ2) is 6.04. The van der Waals surface area contributed by atoms with Crippen molar-refractivity contribution in [3.05, 3.63) is 12.4 Å². The molecule has 6 nitrogen and oxygen atoms in total. The van der Waals surface area contributed by atoms with Crippen LogP contribution in [0.4, 0.5) is 0 Å². The van der Waals surface area contributed by atoms with Crippen LogP contribution in [0.15, 0.2) is 12.4 Å². The molecule has 1 aliphatic heterocycles. The number of hydrogen-bond donors (Lipinski definition) is 0. The van der Waals surface area contributed by atoms with Gasteiger partial charge in [-0.15, -0.1) is 0 Å². The summed E-state index contributed by atoms with van der Waals surface area (Å²) < 4.78 is 18.7. The summed E-state index contributed by atoms with van der Waals surface area (Å²) in [6.45, 7) is 12.5. The van der Waals surface area contributed by atoms with E-state index in [1.165, 1.54) is 0 Å². The molecule has 1 aromatic heterocycles. The second-order valence-electron chi connectivity index (χ2n) is 6.74. The summed E-state index contributed by atoms with van der Waals surface area (Å²) >= 11 is 0. The molecule has 1 aliphatic rings. The van der Waals surface area contributed by atoms with Crippen molar-refractivity contribution in [3.63, 3.8) is 0 Å². The van der Waals surface area contributed by atoms with E-state index in [4.69, 9.17) is 14.0 Å². The molecule has 1 unspecified atom stereocenters. The van der Waals surface area contributed by atoms with Crippen LogP contribution < -0.4 is 5.46 Å². The third-order valence-electron chi connectivity index (χ3n) is 4.33. The third kappa shape index (κ3) is 3.36. The van der Waals surface area contributed by atoms with Crippen molar-refractivity contribution in [2.45, 2.75) is 59.3 Å². The summed E-state index contributed by atoms with van der Waals surface area (Å²) in [5.41, 5.74) is 0.102. The fourth-order valence-electron chi connectivity index (χ4n) is 2.22. The molecule has 1 saturated heterocycles. The standard InChI is InChI=1S/C15H25BN2O4/c1-7-20-13(19)11(2)9-18-10-12(8-17-18)16-21-14(3,4)15(5,6)22-16/h8,10-11H,7,9H2,1-6H3. The second-order valence-corrected chi connectivity index (χ2v) is 6.74. The normalized spacial score (nSPS) is 20.9. The van der Waals surface area contributed by atoms with Crippen molar-refractivity contribution in [1.29, 1.82) is 0 Å². The van der Waals surface area contributed by atoms with Crippen LogP contribution in [-0.4, -0.2) is 40.7 Å². The number of nitrogens with zero attached hydrogens (tertiary/aromatic N) is 2. The zero-order valence-electron chi connectivity index (χ0n) is 14.3. The average Bonchev–Trinajstić information content (AvgIpc) is 2.93. The lowest BCUT2D eigenvalue weighted by Gasteiger charge is -2.32. The van der Waals surface area contributed by atoms with E-state index in [2.05, 4.69) is 5.10 Å². The number of hydrogen-bond acceptors (Lipinski definition) is 5. The van der Waals surface area contributed by atoms with Gasteiger partial charge in [-0.05, 0) is 34.6 Å². The Morgan fingerprint density at radius 1 is 1.36 bits per heavy atom. The summed E-state index contributed by atoms with van der Waals surface area (Å²) in [4.78, 5) is 11.7. The first-order valence-corrected chi connectivity index (χ1v) is 7.71. The van der Waals surface area contributed by atoms with Gasteiger partial charge < -0.3 is 14.0 Å². The Morgan fingerprint density at radius 3 is 2.50 bits per heavy atom. The average molecular weight is 308 g/mol. The summed E-state index contributed by atoms with van der Waals surface area (Å²) in [6.07, 6.45) is 3.58. The molecule has 0 N–H and O–H groups in total. The highest BCUT2D eigenvalue weighted by Gasteiger charge is 2.52. The molecule has 7 heteroatoms. The fourth-order valence-corrected chi connectivity index (χ4v) is 2.22. The molecular formula is C15H25BN2O4. The molecule has 0 spiro atoms. The molecule has 1 atom stereocenters. The summed E-state index contributed by atoms with van der Waals surface area (Å²) in [5, 5.41) is 4.29. The maximum atomic E-state index is 11.7. The number of aromatic nitrogens is 2. The molecule has 0 saturated carbocycles. The van der Waals surface area contributed by atoms with Gasteiger partial charge in [-0.2, -0.15) is 5.10 Å². The van der Waals surface area contributed by atoms with Crippen molar-refractivity contribution in [2.24, 2.45) is 5.92 Å². The Balaban J connectivity index is 2.02. The maximum Gasteiger partial charge on any atom is 0.498 e. The number of esters is 1. The van der Waals surface area contributed by atoms with E-state index in [1.54, 1.807) is 17.8 Å². The van der Waals surface area contributed by atoms with Crippen LogP contribution in [0.3, 0.4) is 0 Å². The van der Waals surface area contributed by atoms with E-state index < -0.39 is 7.12 Å². The van der Waals surface area contributed by atoms with Gasteiger partial charge in [0, 0.05) is 17.9 Å². The first-order valence-electron chi connectivity index (χ1n) is 7.71. The molecule has 1 aromatic rings. The van der Waals surface area contributed by atoms with E-state index in [0.717, 1.165) is 5.46 Å². The van der Waals surface area contributed by atoms with Gasteiger partial charge >= 0.3 is 13.1 Å². The van der Waals surface area contributed by atoms with Gasteiger partial charge in [-0.3, -0.25) is 9.48 Å². The van der Waals surface area contributed by atoms with Gasteiger partial charge in [0.25, 0.3) is 0 Å². The predicted octanol–water partition coefficient (Wildman–Crippen LogP) is 1.38. The number of rotatable bonds is 5. The maximum absolute atomic E-state index is 11.7. The smallest absolute Gasteiger partial charge is 0.466 e. The predicted molar refractivity (Wildman–Crippen MR) is 83.7 cm³/mol. The van der Waals surface area contributed by atoms with E-state index in [-0.39, 0.29) is 23.1 Å². The first kappa shape index (κ1) is 17.0. The monoisotopic (exact) mass is 308 g/mol. The quantitative estimate of drug-likeness (QED) is 0.607. The molecule has 1 fully saturated rings. The number of carbonyl (C=O) groups excluding carboxylic acids is 1. The molecule has 2 heterocycles. The Labute approximate surface area is 132 Å². The lowest BCUT2D eigenvalue weighted by atomic mass is 9.82. The minimum Gasteiger partial charge on any atom is -0.466 e. The summed E-state index contributed by atoms with van der Waals surface area (Å²) in [5.74, 6) is -0.457. The minimum atomic E-state index is -0.434. The van der Waals surface area contributed by atoms with Crippen molar-refractivity contribution in [1.82, 2.24) is 9.78 Å². The highest BCUT2D eigenvalue weighted by Crippen LogP contribution is 2.36. The van der Waals surface area contributed by atoms with Crippen LogP contribution in [0.25, 0.3) is 0 Å². The van der Waals surface area contributed by atoms with Crippen LogP contribution in [-0.2, 0) is 25.4 Å². The molecule has 0 aromatic carbocycles. The van der Waals surface area contributed by atoms with Gasteiger partial charge in [0.2, 0.25) is 0 Å². The van der Waals surface area contributed by atoms with Crippen LogP contribution in [0.5, 0.6) is 0 Å². The number of carbonyl (C=O) groups is 1. The van der Waals surface area contributed by atoms with E-state index in [1.807, 2.05) is 40.8 Å². The highest BCUT2D eigenvalue weighted by atomic mass is 16.7. The van der Waals surface area contributed by atoms with Gasteiger partial charge in [0.15, 0.2) is 0 Å². The molecule has 0 amide bonds. The van der Waals surface area contributed by atoms with Gasteiger partial charge in [-0.25, -0.2) is 0 Å². The molecule has 0 aliphatic carbocycles. The largest absolute Gasteiger partial charge is 0.498 e. The molecule has 122 valence electrons. The first-order chi connectivity index (χ1) is 10.2. The van der Waals surface area contributed by atoms with Crippen molar-refractivity contribution in [2.75, 3.05) is 6.61 Å². The van der Waals surface area contributed by atoms with Gasteiger partial charge in [0.1, 0.15) is 0 Å². The number of ether oxygens (including phenoxy) is 1. The minimum absolute atomic E-state index is 0.213. The van der Waals surface area contributed by atoms with Crippen molar-refractivity contribution >= 4 is 18.6 Å². The molecule has 22 heavy (non-hydrogen) atoms. The fraction of sp³-hybridized carbons (Fsp3) is 0.733. The molecule has 0 radical (unpaired) electrons. The summed E-state index contributed by atoms with van der Waals surface area (Å²) in [6, 6.07) is 0. The van der Waals surface area contributed by atoms with E-state index >= 15 is 0 Å². The van der Waals surface area contributed by atoms with Crippen LogP contribution >= 0.6 is 0 Å². The molecule has 2 rings (SSSR count). The highest BCUT2D eigenvalue weighted by molar-refractivity contribution is 6.61. The Kier molecular flexibility index (Phi) is 4.68. The van der Waals surface area contributed by atoms with Gasteiger partial charge in [-0.1, -0.05) is 6.92 Å². The Morgan fingerprint density at radius 2 is 1.95 bits per heavy atom. The van der Waals surface area contributed by atoms with Crippen molar-refractivity contribution < 1.29 is 18.8 Å². The Hall–Kier alpha value is -1.34. The zero-order chi connectivity index (χ0) is 16.5. The van der Waals surface area contributed by atoms with E-state index in [0.29, 0.717) is 13.2 Å². The molecular weight excluding hydrogens is 283 g/mol.